The molecule has 0 aromatic heterocycles. The van der Waals surface area contributed by atoms with E-state index in [4.69, 9.17) is 16.9 Å². The van der Waals surface area contributed by atoms with Crippen molar-refractivity contribution >= 4 is 12.0 Å². The molecular formula is C14H20FN3O2. The highest BCUT2D eigenvalue weighted by Gasteiger charge is 2.26. The molecule has 0 saturated heterocycles. The van der Waals surface area contributed by atoms with Gasteiger partial charge < -0.3 is 16.2 Å². The van der Waals surface area contributed by atoms with Crippen LogP contribution in [0.2, 0.25) is 0 Å². The summed E-state index contributed by atoms with van der Waals surface area (Å²) >= 11 is 0. The molecule has 0 radical (unpaired) electrons. The van der Waals surface area contributed by atoms with Gasteiger partial charge in [-0.2, -0.15) is 0 Å². The Bertz CT molecular complexity index is 531. The Hall–Kier alpha value is -1.95. The molecule has 20 heavy (non-hydrogen) atoms. The Morgan fingerprint density at radius 1 is 1.50 bits per heavy atom. The van der Waals surface area contributed by atoms with Crippen molar-refractivity contribution in [3.05, 3.63) is 34.6 Å². The van der Waals surface area contributed by atoms with Crippen LogP contribution in [0.15, 0.2) is 12.1 Å². The van der Waals surface area contributed by atoms with Crippen LogP contribution in [0.25, 0.3) is 0 Å². The predicted molar refractivity (Wildman–Crippen MR) is 75.3 cm³/mol. The summed E-state index contributed by atoms with van der Waals surface area (Å²) in [5.41, 5.74) is 13.0. The summed E-state index contributed by atoms with van der Waals surface area (Å²) in [6, 6.07) is 2.18. The van der Waals surface area contributed by atoms with Crippen molar-refractivity contribution in [2.45, 2.75) is 39.2 Å². The number of aryl methyl sites for hydroxylation is 1. The Morgan fingerprint density at radius 3 is 2.60 bits per heavy atom. The highest BCUT2D eigenvalue weighted by Crippen LogP contribution is 2.28. The SMILES string of the molecule is CCc1ccc(F)c(C(C)C(N)C(=N)OC(N)=O)c1C. The van der Waals surface area contributed by atoms with Crippen molar-refractivity contribution in [2.24, 2.45) is 11.5 Å². The number of nitrogens with one attached hydrogen (secondary N) is 1. The fourth-order valence-electron chi connectivity index (χ4n) is 2.27. The minimum Gasteiger partial charge on any atom is -0.394 e. The summed E-state index contributed by atoms with van der Waals surface area (Å²) < 4.78 is 18.5. The second-order valence-electron chi connectivity index (χ2n) is 4.70. The fraction of sp³-hybridized carbons (Fsp3) is 0.429. The van der Waals surface area contributed by atoms with Gasteiger partial charge in [0.1, 0.15) is 5.82 Å². The quantitative estimate of drug-likeness (QED) is 0.582. The van der Waals surface area contributed by atoms with Gasteiger partial charge in [0.15, 0.2) is 0 Å². The molecule has 0 aliphatic heterocycles. The van der Waals surface area contributed by atoms with Crippen LogP contribution in [-0.2, 0) is 11.2 Å². The average Bonchev–Trinajstić information content (AvgIpc) is 2.37. The third kappa shape index (κ3) is 3.33. The second-order valence-corrected chi connectivity index (χ2v) is 4.70. The lowest BCUT2D eigenvalue weighted by atomic mass is 9.87. The van der Waals surface area contributed by atoms with Gasteiger partial charge in [0.25, 0.3) is 0 Å². The van der Waals surface area contributed by atoms with Crippen LogP contribution in [0.5, 0.6) is 0 Å². The molecule has 0 spiro atoms. The van der Waals surface area contributed by atoms with Gasteiger partial charge in [0.05, 0.1) is 6.04 Å². The maximum atomic E-state index is 14.0. The van der Waals surface area contributed by atoms with Crippen LogP contribution in [0.1, 0.15) is 36.5 Å². The lowest BCUT2D eigenvalue weighted by Gasteiger charge is -2.23. The first-order chi connectivity index (χ1) is 9.29. The number of hydrogen-bond donors (Lipinski definition) is 3. The number of rotatable bonds is 4. The van der Waals surface area contributed by atoms with Crippen LogP contribution >= 0.6 is 0 Å². The van der Waals surface area contributed by atoms with E-state index in [1.807, 2.05) is 13.8 Å². The summed E-state index contributed by atoms with van der Waals surface area (Å²) in [6.07, 6.45) is -0.326. The fourth-order valence-corrected chi connectivity index (χ4v) is 2.27. The van der Waals surface area contributed by atoms with Gasteiger partial charge in [-0.05, 0) is 36.1 Å². The maximum Gasteiger partial charge on any atom is 0.411 e. The molecule has 6 heteroatoms. The number of halogens is 1. The molecule has 1 amide bonds. The smallest absolute Gasteiger partial charge is 0.394 e. The third-order valence-corrected chi connectivity index (χ3v) is 3.46. The molecule has 5 N–H and O–H groups in total. The van der Waals surface area contributed by atoms with E-state index in [9.17, 15) is 9.18 Å². The molecule has 2 atom stereocenters. The Morgan fingerprint density at radius 2 is 2.10 bits per heavy atom. The molecule has 0 fully saturated rings. The molecule has 0 aliphatic carbocycles. The van der Waals surface area contributed by atoms with Crippen molar-refractivity contribution in [1.29, 1.82) is 5.41 Å². The van der Waals surface area contributed by atoms with Crippen molar-refractivity contribution in [1.82, 2.24) is 0 Å². The van der Waals surface area contributed by atoms with Crippen LogP contribution < -0.4 is 11.5 Å². The largest absolute Gasteiger partial charge is 0.411 e. The Kier molecular flexibility index (Phi) is 5.21. The summed E-state index contributed by atoms with van der Waals surface area (Å²) in [5.74, 6) is -1.35. The standard InChI is InChI=1S/C14H20FN3O2/c1-4-9-5-6-10(15)11(7(9)2)8(3)12(16)13(17)20-14(18)19/h5-6,8,12,17H,4,16H2,1-3H3,(H2,18,19). The first-order valence-electron chi connectivity index (χ1n) is 6.38. The van der Waals surface area contributed by atoms with E-state index in [-0.39, 0.29) is 5.82 Å². The van der Waals surface area contributed by atoms with Crippen molar-refractivity contribution in [3.8, 4) is 0 Å². The summed E-state index contributed by atoms with van der Waals surface area (Å²) in [4.78, 5) is 10.6. The molecule has 0 bridgehead atoms. The molecule has 110 valence electrons. The topological polar surface area (TPSA) is 102 Å². The summed E-state index contributed by atoms with van der Waals surface area (Å²) in [5, 5.41) is 7.57. The monoisotopic (exact) mass is 281 g/mol. The highest BCUT2D eigenvalue weighted by atomic mass is 19.1. The molecule has 0 aliphatic rings. The van der Waals surface area contributed by atoms with Gasteiger partial charge in [-0.15, -0.1) is 0 Å². The number of benzene rings is 1. The van der Waals surface area contributed by atoms with Gasteiger partial charge in [-0.3, -0.25) is 5.41 Å². The lowest BCUT2D eigenvalue weighted by Crippen LogP contribution is -2.39. The molecule has 1 aromatic carbocycles. The van der Waals surface area contributed by atoms with Crippen LogP contribution in [0, 0.1) is 18.2 Å². The van der Waals surface area contributed by atoms with Gasteiger partial charge in [-0.1, -0.05) is 19.9 Å². The normalized spacial score (nSPS) is 13.7. The highest BCUT2D eigenvalue weighted by molar-refractivity contribution is 5.89. The number of amides is 1. The minimum atomic E-state index is -1.10. The Labute approximate surface area is 117 Å². The summed E-state index contributed by atoms with van der Waals surface area (Å²) in [7, 11) is 0. The molecule has 1 rings (SSSR count). The first kappa shape index (κ1) is 16.1. The average molecular weight is 281 g/mol. The zero-order chi connectivity index (χ0) is 15.4. The number of carbonyl (C=O) groups excluding carboxylic acids is 1. The van der Waals surface area contributed by atoms with Crippen LogP contribution in [-0.4, -0.2) is 18.0 Å². The van der Waals surface area contributed by atoms with E-state index in [2.05, 4.69) is 4.74 Å². The van der Waals surface area contributed by atoms with E-state index in [0.717, 1.165) is 17.5 Å². The van der Waals surface area contributed by atoms with Crippen LogP contribution in [0.4, 0.5) is 9.18 Å². The van der Waals surface area contributed by atoms with Gasteiger partial charge in [0.2, 0.25) is 5.90 Å². The molecule has 0 saturated carbocycles. The van der Waals surface area contributed by atoms with Crippen LogP contribution in [0.3, 0.4) is 0 Å². The molecular weight excluding hydrogens is 261 g/mol. The van der Waals surface area contributed by atoms with Gasteiger partial charge >= 0.3 is 6.09 Å². The number of ether oxygens (including phenoxy) is 1. The van der Waals surface area contributed by atoms with Crippen molar-refractivity contribution in [2.75, 3.05) is 0 Å². The first-order valence-corrected chi connectivity index (χ1v) is 6.38. The predicted octanol–water partition coefficient (Wildman–Crippen LogP) is 2.20. The Balaban J connectivity index is 3.11. The second kappa shape index (κ2) is 6.47. The van der Waals surface area contributed by atoms with Gasteiger partial charge in [0, 0.05) is 5.92 Å². The van der Waals surface area contributed by atoms with E-state index in [0.29, 0.717) is 5.56 Å². The third-order valence-electron chi connectivity index (χ3n) is 3.46. The molecule has 1 aromatic rings. The molecule has 0 heterocycles. The van der Waals surface area contributed by atoms with Crippen molar-refractivity contribution < 1.29 is 13.9 Å². The number of carbonyl (C=O) groups is 1. The van der Waals surface area contributed by atoms with Gasteiger partial charge in [-0.25, -0.2) is 9.18 Å². The maximum absolute atomic E-state index is 14.0. The minimum absolute atomic E-state index is 0.380. The molecule has 5 nitrogen and oxygen atoms in total. The zero-order valence-corrected chi connectivity index (χ0v) is 11.9. The van der Waals surface area contributed by atoms with E-state index < -0.39 is 24.0 Å². The summed E-state index contributed by atoms with van der Waals surface area (Å²) in [6.45, 7) is 5.49. The number of hydrogen-bond acceptors (Lipinski definition) is 4. The van der Waals surface area contributed by atoms with E-state index >= 15 is 0 Å². The van der Waals surface area contributed by atoms with E-state index in [1.54, 1.807) is 13.0 Å². The number of primary amides is 1. The molecule has 2 unspecified atom stereocenters. The zero-order valence-electron chi connectivity index (χ0n) is 11.9. The lowest BCUT2D eigenvalue weighted by molar-refractivity contribution is 0.204. The van der Waals surface area contributed by atoms with E-state index in [1.165, 1.54) is 6.07 Å². The van der Waals surface area contributed by atoms with Crippen molar-refractivity contribution in [3.63, 3.8) is 0 Å². The number of nitrogens with two attached hydrogens (primary N) is 2.